The van der Waals surface area contributed by atoms with Gasteiger partial charge in [-0.15, -0.1) is 0 Å². The number of methoxy groups -OCH3 is 1. The predicted octanol–water partition coefficient (Wildman–Crippen LogP) is 1.64. The summed E-state index contributed by atoms with van der Waals surface area (Å²) in [5, 5.41) is 13.0. The molecule has 1 rings (SSSR count). The van der Waals surface area contributed by atoms with E-state index in [1.165, 1.54) is 7.11 Å². The first kappa shape index (κ1) is 15.2. The average molecular weight is 255 g/mol. The second kappa shape index (κ2) is 6.90. The van der Waals surface area contributed by atoms with Crippen LogP contribution in [-0.2, 0) is 9.53 Å². The molecule has 1 aliphatic rings. The molecule has 0 bridgehead atoms. The molecule has 0 aliphatic heterocycles. The van der Waals surface area contributed by atoms with Crippen LogP contribution in [0.3, 0.4) is 0 Å². The van der Waals surface area contributed by atoms with Gasteiger partial charge >= 0.3 is 5.97 Å². The number of ether oxygens (including phenoxy) is 1. The number of esters is 1. The van der Waals surface area contributed by atoms with Gasteiger partial charge in [0.25, 0.3) is 0 Å². The van der Waals surface area contributed by atoms with Gasteiger partial charge in [-0.1, -0.05) is 13.0 Å². The van der Waals surface area contributed by atoms with Gasteiger partial charge in [0, 0.05) is 17.7 Å². The lowest BCUT2D eigenvalue weighted by Gasteiger charge is -2.38. The lowest BCUT2D eigenvalue weighted by Crippen LogP contribution is -2.50. The Balaban J connectivity index is 2.47. The Bertz CT molecular complexity index is 304. The predicted molar refractivity (Wildman–Crippen MR) is 71.2 cm³/mol. The highest BCUT2D eigenvalue weighted by Gasteiger charge is 2.32. The number of carbonyl (C=O) groups excluding carboxylic acids is 1. The summed E-state index contributed by atoms with van der Waals surface area (Å²) in [5.41, 5.74) is 0.432. The van der Waals surface area contributed by atoms with Gasteiger partial charge in [-0.2, -0.15) is 0 Å². The maximum atomic E-state index is 11.2. The summed E-state index contributed by atoms with van der Waals surface area (Å²) in [5.74, 6) is 0.450. The first-order valence-electron chi connectivity index (χ1n) is 6.64. The van der Waals surface area contributed by atoms with Crippen molar-refractivity contribution in [1.82, 2.24) is 5.32 Å². The van der Waals surface area contributed by atoms with Gasteiger partial charge in [0.2, 0.25) is 0 Å². The van der Waals surface area contributed by atoms with E-state index >= 15 is 0 Å². The van der Waals surface area contributed by atoms with E-state index in [1.54, 1.807) is 6.92 Å². The van der Waals surface area contributed by atoms with E-state index in [9.17, 15) is 9.90 Å². The molecule has 0 aromatic rings. The first-order chi connectivity index (χ1) is 8.53. The van der Waals surface area contributed by atoms with Crippen molar-refractivity contribution in [2.75, 3.05) is 20.3 Å². The number of aliphatic hydroxyl groups excluding tert-OH is 1. The zero-order valence-electron chi connectivity index (χ0n) is 11.7. The van der Waals surface area contributed by atoms with Crippen molar-refractivity contribution in [1.29, 1.82) is 0 Å². The Hall–Kier alpha value is -0.870. The van der Waals surface area contributed by atoms with Crippen molar-refractivity contribution in [3.63, 3.8) is 0 Å². The SMILES string of the molecule is COC(=O)C(C)=CCNC1(CO)CCC(C)CC1. The maximum Gasteiger partial charge on any atom is 0.333 e. The Labute approximate surface area is 109 Å². The summed E-state index contributed by atoms with van der Waals surface area (Å²) in [4.78, 5) is 11.2. The highest BCUT2D eigenvalue weighted by molar-refractivity contribution is 5.87. The third kappa shape index (κ3) is 4.10. The molecule has 1 aliphatic carbocycles. The fourth-order valence-electron chi connectivity index (χ4n) is 2.37. The van der Waals surface area contributed by atoms with Gasteiger partial charge < -0.3 is 15.2 Å². The molecule has 0 spiro atoms. The van der Waals surface area contributed by atoms with Crippen LogP contribution in [0.2, 0.25) is 0 Å². The van der Waals surface area contributed by atoms with Crippen LogP contribution in [0.4, 0.5) is 0 Å². The number of carbonyl (C=O) groups is 1. The molecule has 0 amide bonds. The van der Waals surface area contributed by atoms with Gasteiger partial charge in [0.1, 0.15) is 0 Å². The molecule has 4 nitrogen and oxygen atoms in total. The van der Waals surface area contributed by atoms with Crippen LogP contribution in [0.1, 0.15) is 39.5 Å². The Kier molecular flexibility index (Phi) is 5.82. The van der Waals surface area contributed by atoms with Crippen LogP contribution >= 0.6 is 0 Å². The van der Waals surface area contributed by atoms with Gasteiger partial charge in [0.05, 0.1) is 13.7 Å². The van der Waals surface area contributed by atoms with E-state index in [2.05, 4.69) is 17.0 Å². The maximum absolute atomic E-state index is 11.2. The fraction of sp³-hybridized carbons (Fsp3) is 0.786. The molecule has 0 radical (unpaired) electrons. The van der Waals surface area contributed by atoms with Crippen LogP contribution in [-0.4, -0.2) is 36.9 Å². The molecule has 18 heavy (non-hydrogen) atoms. The lowest BCUT2D eigenvalue weighted by atomic mass is 9.77. The van der Waals surface area contributed by atoms with Crippen LogP contribution in [0.15, 0.2) is 11.6 Å². The minimum Gasteiger partial charge on any atom is -0.466 e. The molecular weight excluding hydrogens is 230 g/mol. The van der Waals surface area contributed by atoms with E-state index < -0.39 is 0 Å². The number of rotatable bonds is 5. The van der Waals surface area contributed by atoms with E-state index in [0.717, 1.165) is 31.6 Å². The Morgan fingerprint density at radius 3 is 2.61 bits per heavy atom. The normalized spacial score (nSPS) is 29.1. The molecular formula is C14H25NO3. The monoisotopic (exact) mass is 255 g/mol. The molecule has 0 aromatic heterocycles. The molecule has 1 saturated carbocycles. The molecule has 0 heterocycles. The summed E-state index contributed by atoms with van der Waals surface area (Å²) in [6.45, 7) is 4.74. The quantitative estimate of drug-likeness (QED) is 0.579. The molecule has 0 unspecified atom stereocenters. The standard InChI is InChI=1S/C14H25NO3/c1-11-4-7-14(10-16,8-5-11)15-9-6-12(2)13(17)18-3/h6,11,15-16H,4-5,7-10H2,1-3H3. The summed E-state index contributed by atoms with van der Waals surface area (Å²) in [6.07, 6.45) is 6.10. The van der Waals surface area contributed by atoms with Crippen molar-refractivity contribution in [3.8, 4) is 0 Å². The third-order valence-electron chi connectivity index (χ3n) is 3.93. The van der Waals surface area contributed by atoms with Gasteiger partial charge in [0.15, 0.2) is 0 Å². The van der Waals surface area contributed by atoms with Crippen molar-refractivity contribution >= 4 is 5.97 Å². The number of hydrogen-bond acceptors (Lipinski definition) is 4. The Morgan fingerprint density at radius 2 is 2.11 bits per heavy atom. The zero-order chi connectivity index (χ0) is 13.6. The summed E-state index contributed by atoms with van der Waals surface area (Å²) in [6, 6.07) is 0. The van der Waals surface area contributed by atoms with Crippen molar-refractivity contribution in [2.24, 2.45) is 5.92 Å². The topological polar surface area (TPSA) is 58.6 Å². The van der Waals surface area contributed by atoms with E-state index in [1.807, 2.05) is 6.08 Å². The second-order valence-corrected chi connectivity index (χ2v) is 5.38. The molecule has 1 fully saturated rings. The van der Waals surface area contributed by atoms with Gasteiger partial charge in [-0.05, 0) is 38.5 Å². The van der Waals surface area contributed by atoms with Crippen molar-refractivity contribution in [3.05, 3.63) is 11.6 Å². The zero-order valence-corrected chi connectivity index (χ0v) is 11.7. The van der Waals surface area contributed by atoms with Gasteiger partial charge in [-0.3, -0.25) is 0 Å². The smallest absolute Gasteiger partial charge is 0.333 e. The summed E-state index contributed by atoms with van der Waals surface area (Å²) in [7, 11) is 1.38. The third-order valence-corrected chi connectivity index (χ3v) is 3.93. The van der Waals surface area contributed by atoms with Crippen LogP contribution in [0.25, 0.3) is 0 Å². The minimum absolute atomic E-state index is 0.158. The Morgan fingerprint density at radius 1 is 1.50 bits per heavy atom. The van der Waals surface area contributed by atoms with E-state index in [0.29, 0.717) is 12.1 Å². The van der Waals surface area contributed by atoms with Crippen LogP contribution < -0.4 is 5.32 Å². The minimum atomic E-state index is -0.299. The highest BCUT2D eigenvalue weighted by Crippen LogP contribution is 2.31. The second-order valence-electron chi connectivity index (χ2n) is 5.38. The summed E-state index contributed by atoms with van der Waals surface area (Å²) >= 11 is 0. The number of aliphatic hydroxyl groups is 1. The van der Waals surface area contributed by atoms with Crippen LogP contribution in [0.5, 0.6) is 0 Å². The van der Waals surface area contributed by atoms with Crippen molar-refractivity contribution in [2.45, 2.75) is 45.1 Å². The first-order valence-corrected chi connectivity index (χ1v) is 6.64. The number of nitrogens with one attached hydrogen (secondary N) is 1. The van der Waals surface area contributed by atoms with Crippen LogP contribution in [0, 0.1) is 5.92 Å². The lowest BCUT2D eigenvalue weighted by molar-refractivity contribution is -0.136. The van der Waals surface area contributed by atoms with Crippen molar-refractivity contribution < 1.29 is 14.6 Å². The summed E-state index contributed by atoms with van der Waals surface area (Å²) < 4.78 is 4.64. The highest BCUT2D eigenvalue weighted by atomic mass is 16.5. The molecule has 104 valence electrons. The molecule has 0 aromatic carbocycles. The molecule has 0 atom stereocenters. The average Bonchev–Trinajstić information content (AvgIpc) is 2.40. The molecule has 4 heteroatoms. The molecule has 2 N–H and O–H groups in total. The van der Waals surface area contributed by atoms with Gasteiger partial charge in [-0.25, -0.2) is 4.79 Å². The van der Waals surface area contributed by atoms with E-state index in [-0.39, 0.29) is 18.1 Å². The molecule has 0 saturated heterocycles. The fourth-order valence-corrected chi connectivity index (χ4v) is 2.37. The largest absolute Gasteiger partial charge is 0.466 e. The van der Waals surface area contributed by atoms with E-state index in [4.69, 9.17) is 0 Å². The number of hydrogen-bond donors (Lipinski definition) is 2.